The third-order valence-corrected chi connectivity index (χ3v) is 4.87. The lowest BCUT2D eigenvalue weighted by atomic mass is 10.1. The molecule has 1 heterocycles. The molecule has 0 fully saturated rings. The quantitative estimate of drug-likeness (QED) is 0.526. The molecule has 0 spiro atoms. The molecule has 4 aromatic rings. The molecule has 0 aliphatic heterocycles. The highest BCUT2D eigenvalue weighted by atomic mass is 16.2. The smallest absolute Gasteiger partial charge is 0.251 e. The molecule has 3 aromatic carbocycles. The predicted octanol–water partition coefficient (Wildman–Crippen LogP) is 3.97. The molecular formula is C23H22N4O2. The van der Waals surface area contributed by atoms with Gasteiger partial charge in [0, 0.05) is 25.1 Å². The van der Waals surface area contributed by atoms with Crippen LogP contribution in [0.4, 0.5) is 5.95 Å². The Morgan fingerprint density at radius 3 is 2.55 bits per heavy atom. The van der Waals surface area contributed by atoms with Crippen molar-refractivity contribution < 1.29 is 9.59 Å². The van der Waals surface area contributed by atoms with E-state index >= 15 is 0 Å². The molecule has 0 atom stereocenters. The summed E-state index contributed by atoms with van der Waals surface area (Å²) in [5.74, 6) is 0.151. The van der Waals surface area contributed by atoms with E-state index in [2.05, 4.69) is 15.6 Å². The summed E-state index contributed by atoms with van der Waals surface area (Å²) < 4.78 is 1.96. The van der Waals surface area contributed by atoms with E-state index in [0.29, 0.717) is 18.1 Å². The number of aromatic nitrogens is 2. The molecule has 2 amide bonds. The van der Waals surface area contributed by atoms with Gasteiger partial charge >= 0.3 is 0 Å². The maximum Gasteiger partial charge on any atom is 0.251 e. The molecule has 2 N–H and O–H groups in total. The van der Waals surface area contributed by atoms with Gasteiger partial charge in [0.15, 0.2) is 0 Å². The first kappa shape index (κ1) is 18.7. The lowest BCUT2D eigenvalue weighted by Gasteiger charge is -2.09. The Balaban J connectivity index is 1.35. The van der Waals surface area contributed by atoms with Crippen molar-refractivity contribution in [2.24, 2.45) is 0 Å². The molecule has 6 heteroatoms. The van der Waals surface area contributed by atoms with Crippen LogP contribution in [0, 0.1) is 0 Å². The number of hydrogen-bond acceptors (Lipinski definition) is 3. The van der Waals surface area contributed by atoms with Gasteiger partial charge in [-0.1, -0.05) is 42.5 Å². The van der Waals surface area contributed by atoms with Crippen molar-refractivity contribution >= 4 is 39.6 Å². The molecule has 0 bridgehead atoms. The van der Waals surface area contributed by atoms with Crippen LogP contribution in [0.3, 0.4) is 0 Å². The number of fused-ring (bicyclic) bond motifs is 2. The lowest BCUT2D eigenvalue weighted by Crippen LogP contribution is -2.28. The van der Waals surface area contributed by atoms with Gasteiger partial charge in [0.1, 0.15) is 0 Å². The minimum atomic E-state index is -0.190. The van der Waals surface area contributed by atoms with E-state index in [0.717, 1.165) is 21.8 Å². The molecule has 0 aliphatic carbocycles. The molecule has 0 saturated carbocycles. The van der Waals surface area contributed by atoms with Gasteiger partial charge in [-0.15, -0.1) is 0 Å². The Hall–Kier alpha value is -3.67. The van der Waals surface area contributed by atoms with Gasteiger partial charge in [-0.2, -0.15) is 0 Å². The van der Waals surface area contributed by atoms with Gasteiger partial charge < -0.3 is 9.88 Å². The minimum absolute atomic E-state index is 0.173. The number of imidazole rings is 1. The number of anilines is 1. The maximum atomic E-state index is 12.4. The Kier molecular flexibility index (Phi) is 5.24. The van der Waals surface area contributed by atoms with Crippen LogP contribution in [0.25, 0.3) is 21.8 Å². The minimum Gasteiger partial charge on any atom is -0.352 e. The monoisotopic (exact) mass is 386 g/mol. The number of carbonyl (C=O) groups is 2. The number of carbonyl (C=O) groups excluding carboxylic acids is 2. The highest BCUT2D eigenvalue weighted by Crippen LogP contribution is 2.19. The Morgan fingerprint density at radius 2 is 1.72 bits per heavy atom. The first-order valence-corrected chi connectivity index (χ1v) is 9.68. The normalized spacial score (nSPS) is 10.9. The summed E-state index contributed by atoms with van der Waals surface area (Å²) in [7, 11) is 0. The Morgan fingerprint density at radius 1 is 0.966 bits per heavy atom. The standard InChI is InChI=1S/C23H22N4O2/c1-2-27-20-10-6-5-9-19(20)25-23(27)26-21(28)13-14-24-22(29)18-12-11-16-7-3-4-8-17(16)15-18/h3-12,15H,2,13-14H2,1H3,(H,24,29)(H,25,26,28). The van der Waals surface area contributed by atoms with Crippen molar-refractivity contribution in [1.82, 2.24) is 14.9 Å². The number of hydrogen-bond donors (Lipinski definition) is 2. The first-order valence-electron chi connectivity index (χ1n) is 9.68. The SMILES string of the molecule is CCn1c(NC(=O)CCNC(=O)c2ccc3ccccc3c2)nc2ccccc21. The van der Waals surface area contributed by atoms with Crippen molar-refractivity contribution in [3.8, 4) is 0 Å². The summed E-state index contributed by atoms with van der Waals surface area (Å²) in [4.78, 5) is 29.2. The van der Waals surface area contributed by atoms with E-state index in [1.807, 2.05) is 72.2 Å². The average molecular weight is 386 g/mol. The zero-order valence-corrected chi connectivity index (χ0v) is 16.2. The maximum absolute atomic E-state index is 12.4. The van der Waals surface area contributed by atoms with Crippen LogP contribution in [-0.2, 0) is 11.3 Å². The van der Waals surface area contributed by atoms with E-state index in [1.165, 1.54) is 0 Å². The summed E-state index contributed by atoms with van der Waals surface area (Å²) in [5.41, 5.74) is 2.40. The molecule has 4 rings (SSSR count). The highest BCUT2D eigenvalue weighted by molar-refractivity contribution is 5.99. The van der Waals surface area contributed by atoms with Crippen molar-refractivity contribution in [3.63, 3.8) is 0 Å². The second-order valence-corrected chi connectivity index (χ2v) is 6.78. The van der Waals surface area contributed by atoms with Gasteiger partial charge in [0.25, 0.3) is 5.91 Å². The van der Waals surface area contributed by atoms with Gasteiger partial charge in [0.2, 0.25) is 11.9 Å². The van der Waals surface area contributed by atoms with Crippen LogP contribution < -0.4 is 10.6 Å². The summed E-state index contributed by atoms with van der Waals surface area (Å²) >= 11 is 0. The molecular weight excluding hydrogens is 364 g/mol. The number of nitrogens with one attached hydrogen (secondary N) is 2. The third kappa shape index (κ3) is 3.96. The van der Waals surface area contributed by atoms with Gasteiger partial charge in [-0.3, -0.25) is 14.9 Å². The van der Waals surface area contributed by atoms with E-state index in [1.54, 1.807) is 6.07 Å². The number of aryl methyl sites for hydroxylation is 1. The fourth-order valence-electron chi connectivity index (χ4n) is 3.40. The van der Waals surface area contributed by atoms with Crippen LogP contribution in [0.15, 0.2) is 66.7 Å². The molecule has 0 saturated heterocycles. The zero-order chi connectivity index (χ0) is 20.2. The van der Waals surface area contributed by atoms with Crippen molar-refractivity contribution in [3.05, 3.63) is 72.3 Å². The first-order chi connectivity index (χ1) is 14.2. The summed E-state index contributed by atoms with van der Waals surface area (Å²) in [6.45, 7) is 2.96. The molecule has 0 aliphatic rings. The number of benzene rings is 3. The van der Waals surface area contributed by atoms with E-state index < -0.39 is 0 Å². The molecule has 6 nitrogen and oxygen atoms in total. The molecule has 146 valence electrons. The highest BCUT2D eigenvalue weighted by Gasteiger charge is 2.12. The predicted molar refractivity (Wildman–Crippen MR) is 115 cm³/mol. The summed E-state index contributed by atoms with van der Waals surface area (Å²) in [6, 6.07) is 21.2. The van der Waals surface area contributed by atoms with Gasteiger partial charge in [-0.25, -0.2) is 4.98 Å². The second-order valence-electron chi connectivity index (χ2n) is 6.78. The zero-order valence-electron chi connectivity index (χ0n) is 16.2. The van der Waals surface area contributed by atoms with E-state index in [4.69, 9.17) is 0 Å². The van der Waals surface area contributed by atoms with Gasteiger partial charge in [-0.05, 0) is 42.0 Å². The number of nitrogens with zero attached hydrogens (tertiary/aromatic N) is 2. The van der Waals surface area contributed by atoms with Crippen LogP contribution in [0.1, 0.15) is 23.7 Å². The fourth-order valence-corrected chi connectivity index (χ4v) is 3.40. The van der Waals surface area contributed by atoms with Crippen LogP contribution in [0.5, 0.6) is 0 Å². The van der Waals surface area contributed by atoms with Crippen LogP contribution in [-0.4, -0.2) is 27.9 Å². The third-order valence-electron chi connectivity index (χ3n) is 4.87. The number of para-hydroxylation sites is 2. The van der Waals surface area contributed by atoms with Gasteiger partial charge in [0.05, 0.1) is 11.0 Å². The Bertz CT molecular complexity index is 1200. The fraction of sp³-hybridized carbons (Fsp3) is 0.174. The number of rotatable bonds is 6. The average Bonchev–Trinajstić information content (AvgIpc) is 3.10. The molecule has 0 unspecified atom stereocenters. The summed E-state index contributed by atoms with van der Waals surface area (Å²) in [5, 5.41) is 7.75. The summed E-state index contributed by atoms with van der Waals surface area (Å²) in [6.07, 6.45) is 0.173. The largest absolute Gasteiger partial charge is 0.352 e. The van der Waals surface area contributed by atoms with E-state index in [9.17, 15) is 9.59 Å². The second kappa shape index (κ2) is 8.14. The molecule has 29 heavy (non-hydrogen) atoms. The Labute approximate surface area is 168 Å². The van der Waals surface area contributed by atoms with Crippen LogP contribution >= 0.6 is 0 Å². The van der Waals surface area contributed by atoms with Crippen molar-refractivity contribution in [2.45, 2.75) is 19.9 Å². The van der Waals surface area contributed by atoms with E-state index in [-0.39, 0.29) is 24.8 Å². The van der Waals surface area contributed by atoms with Crippen molar-refractivity contribution in [1.29, 1.82) is 0 Å². The number of amides is 2. The van der Waals surface area contributed by atoms with Crippen LogP contribution in [0.2, 0.25) is 0 Å². The molecule has 0 radical (unpaired) electrons. The topological polar surface area (TPSA) is 76.0 Å². The van der Waals surface area contributed by atoms with Crippen molar-refractivity contribution in [2.75, 3.05) is 11.9 Å². The lowest BCUT2D eigenvalue weighted by molar-refractivity contribution is -0.116. The molecule has 1 aromatic heterocycles.